The van der Waals surface area contributed by atoms with E-state index >= 15 is 8.78 Å². The third kappa shape index (κ3) is 5.70. The Morgan fingerprint density at radius 2 is 1.83 bits per heavy atom. The first-order valence-corrected chi connectivity index (χ1v) is 11.4. The Hall–Kier alpha value is -1.19. The van der Waals surface area contributed by atoms with Crippen molar-refractivity contribution in [1.82, 2.24) is 9.97 Å². The van der Waals surface area contributed by atoms with Gasteiger partial charge in [0.05, 0.1) is 30.9 Å². The van der Waals surface area contributed by atoms with Gasteiger partial charge in [-0.1, -0.05) is 15.9 Å². The monoisotopic (exact) mass is 496 g/mol. The van der Waals surface area contributed by atoms with E-state index in [0.29, 0.717) is 11.8 Å². The molecular weight excluding hydrogens is 473 g/mol. The average Bonchev–Trinajstić information content (AvgIpc) is 2.60. The molecule has 0 aliphatic carbocycles. The van der Waals surface area contributed by atoms with Gasteiger partial charge >= 0.3 is 19.3 Å². The highest BCUT2D eigenvalue weighted by Gasteiger charge is 2.55. The van der Waals surface area contributed by atoms with Crippen molar-refractivity contribution in [3.63, 3.8) is 0 Å². The topological polar surface area (TPSA) is 90.8 Å². The van der Waals surface area contributed by atoms with Crippen molar-refractivity contribution < 1.29 is 32.2 Å². The predicted molar refractivity (Wildman–Crippen MR) is 108 cm³/mol. The molecule has 0 bridgehead atoms. The van der Waals surface area contributed by atoms with Gasteiger partial charge in [0.1, 0.15) is 0 Å². The Kier molecular flexibility index (Phi) is 7.73. The number of alkyl halides is 2. The van der Waals surface area contributed by atoms with Crippen LogP contribution in [0.25, 0.3) is 10.9 Å². The first-order chi connectivity index (χ1) is 13.4. The van der Waals surface area contributed by atoms with Crippen LogP contribution in [0.3, 0.4) is 0 Å². The molecule has 11 heteroatoms. The molecule has 1 aromatic heterocycles. The maximum Gasteiger partial charge on any atom is 0.404 e. The largest absolute Gasteiger partial charge is 0.463 e. The van der Waals surface area contributed by atoms with Crippen LogP contribution in [0.15, 0.2) is 22.8 Å². The lowest BCUT2D eigenvalue weighted by molar-refractivity contribution is 0.0355. The summed E-state index contributed by atoms with van der Waals surface area (Å²) in [6.45, 7) is 5.96. The maximum absolute atomic E-state index is 15.2. The minimum absolute atomic E-state index is 0.0175. The van der Waals surface area contributed by atoms with E-state index in [1.165, 1.54) is 26.1 Å². The SMILES string of the molecule is CCOP(=O)(OCC)C(F)(F)c1cc2nc(OCCC(C)(C)O)ncc2cc1Br. The Morgan fingerprint density at radius 3 is 2.38 bits per heavy atom. The van der Waals surface area contributed by atoms with Gasteiger partial charge in [0, 0.05) is 28.0 Å². The summed E-state index contributed by atoms with van der Waals surface area (Å²) < 4.78 is 58.2. The van der Waals surface area contributed by atoms with Crippen LogP contribution in [-0.4, -0.2) is 40.5 Å². The Bertz CT molecular complexity index is 898. The van der Waals surface area contributed by atoms with Gasteiger partial charge in [-0.05, 0) is 39.8 Å². The van der Waals surface area contributed by atoms with E-state index in [1.807, 2.05) is 0 Å². The average molecular weight is 497 g/mol. The van der Waals surface area contributed by atoms with Crippen molar-refractivity contribution in [3.05, 3.63) is 28.4 Å². The van der Waals surface area contributed by atoms with Crippen molar-refractivity contribution in [2.24, 2.45) is 0 Å². The number of halogens is 3. The van der Waals surface area contributed by atoms with Crippen LogP contribution >= 0.6 is 23.5 Å². The first-order valence-electron chi connectivity index (χ1n) is 9.02. The number of aliphatic hydroxyl groups is 1. The summed E-state index contributed by atoms with van der Waals surface area (Å²) in [4.78, 5) is 8.18. The molecule has 162 valence electrons. The molecule has 1 heterocycles. The van der Waals surface area contributed by atoms with Crippen LogP contribution in [0, 0.1) is 0 Å². The molecule has 0 saturated carbocycles. The molecule has 1 N–H and O–H groups in total. The zero-order valence-electron chi connectivity index (χ0n) is 16.6. The van der Waals surface area contributed by atoms with E-state index < -0.39 is 24.4 Å². The summed E-state index contributed by atoms with van der Waals surface area (Å²) in [5.41, 5.74) is -5.22. The lowest BCUT2D eigenvalue weighted by Crippen LogP contribution is -2.22. The van der Waals surface area contributed by atoms with Crippen LogP contribution in [0.5, 0.6) is 6.01 Å². The molecule has 0 unspecified atom stereocenters. The Morgan fingerprint density at radius 1 is 1.21 bits per heavy atom. The fraction of sp³-hybridized carbons (Fsp3) is 0.556. The highest BCUT2D eigenvalue weighted by molar-refractivity contribution is 9.10. The number of aromatic nitrogens is 2. The van der Waals surface area contributed by atoms with Crippen LogP contribution < -0.4 is 4.74 Å². The van der Waals surface area contributed by atoms with E-state index in [2.05, 4.69) is 25.9 Å². The van der Waals surface area contributed by atoms with Gasteiger partial charge in [0.25, 0.3) is 0 Å². The van der Waals surface area contributed by atoms with Gasteiger partial charge in [-0.2, -0.15) is 13.8 Å². The van der Waals surface area contributed by atoms with E-state index in [1.54, 1.807) is 13.8 Å². The fourth-order valence-electron chi connectivity index (χ4n) is 2.41. The molecule has 2 rings (SSSR count). The zero-order chi connectivity index (χ0) is 21.9. The molecule has 0 spiro atoms. The van der Waals surface area contributed by atoms with E-state index in [-0.39, 0.29) is 35.8 Å². The van der Waals surface area contributed by atoms with Crippen molar-refractivity contribution in [3.8, 4) is 6.01 Å². The number of nitrogens with zero attached hydrogens (tertiary/aromatic N) is 2. The molecule has 0 atom stereocenters. The molecule has 7 nitrogen and oxygen atoms in total. The smallest absolute Gasteiger partial charge is 0.404 e. The van der Waals surface area contributed by atoms with Crippen molar-refractivity contribution in [1.29, 1.82) is 0 Å². The summed E-state index contributed by atoms with van der Waals surface area (Å²) in [5, 5.41) is 10.2. The number of ether oxygens (including phenoxy) is 1. The fourth-order valence-corrected chi connectivity index (χ4v) is 4.74. The zero-order valence-corrected chi connectivity index (χ0v) is 19.1. The number of fused-ring (bicyclic) bond motifs is 1. The second-order valence-corrected chi connectivity index (χ2v) is 9.76. The van der Waals surface area contributed by atoms with Crippen LogP contribution in [0.2, 0.25) is 0 Å². The van der Waals surface area contributed by atoms with Crippen molar-refractivity contribution in [2.75, 3.05) is 19.8 Å². The minimum atomic E-state index is -4.76. The Labute approximate surface area is 176 Å². The minimum Gasteiger partial charge on any atom is -0.463 e. The lowest BCUT2D eigenvalue weighted by atomic mass is 10.1. The predicted octanol–water partition coefficient (Wildman–Crippen LogP) is 5.25. The lowest BCUT2D eigenvalue weighted by Gasteiger charge is -2.26. The normalized spacial score (nSPS) is 13.1. The third-order valence-electron chi connectivity index (χ3n) is 3.86. The highest BCUT2D eigenvalue weighted by Crippen LogP contribution is 2.67. The summed E-state index contributed by atoms with van der Waals surface area (Å²) >= 11 is 3.10. The summed E-state index contributed by atoms with van der Waals surface area (Å²) in [5.74, 6) is 0. The van der Waals surface area contributed by atoms with Gasteiger partial charge in [-0.15, -0.1) is 0 Å². The van der Waals surface area contributed by atoms with Gasteiger partial charge in [-0.3, -0.25) is 4.57 Å². The van der Waals surface area contributed by atoms with Gasteiger partial charge in [0.15, 0.2) is 0 Å². The van der Waals surface area contributed by atoms with Crippen LogP contribution in [0.1, 0.15) is 39.7 Å². The second-order valence-electron chi connectivity index (χ2n) is 6.83. The molecule has 0 aliphatic heterocycles. The summed E-state index contributed by atoms with van der Waals surface area (Å²) in [7, 11) is -4.76. The van der Waals surface area contributed by atoms with Crippen molar-refractivity contribution in [2.45, 2.75) is 45.4 Å². The van der Waals surface area contributed by atoms with Crippen LogP contribution in [0.4, 0.5) is 8.78 Å². The molecule has 29 heavy (non-hydrogen) atoms. The maximum atomic E-state index is 15.2. The molecule has 0 fully saturated rings. The van der Waals surface area contributed by atoms with Crippen LogP contribution in [-0.2, 0) is 19.3 Å². The molecule has 1 aromatic carbocycles. The number of hydrogen-bond donors (Lipinski definition) is 1. The molecule has 0 radical (unpaired) electrons. The third-order valence-corrected chi connectivity index (χ3v) is 6.64. The standard InChI is InChI=1S/C18H24BrF2N2O5P/c1-5-27-29(25,28-6-2)18(20,21)13-10-15-12(9-14(13)19)11-22-16(23-15)26-8-7-17(3,4)24/h9-11,24H,5-8H2,1-4H3. The quantitative estimate of drug-likeness (QED) is 0.449. The summed E-state index contributed by atoms with van der Waals surface area (Å²) in [6, 6.07) is 2.49. The van der Waals surface area contributed by atoms with Gasteiger partial charge in [0.2, 0.25) is 0 Å². The molecule has 2 aromatic rings. The first kappa shape index (κ1) is 24.1. The highest BCUT2D eigenvalue weighted by atomic mass is 79.9. The molecule has 0 saturated heterocycles. The molecule has 0 amide bonds. The molecule has 0 aliphatic rings. The summed E-state index contributed by atoms with van der Waals surface area (Å²) in [6.07, 6.45) is 1.77. The van der Waals surface area contributed by atoms with E-state index in [9.17, 15) is 9.67 Å². The number of hydrogen-bond acceptors (Lipinski definition) is 7. The Balaban J connectivity index is 2.43. The van der Waals surface area contributed by atoms with Gasteiger partial charge < -0.3 is 18.9 Å². The number of benzene rings is 1. The molecular formula is C18H24BrF2N2O5P. The van der Waals surface area contributed by atoms with E-state index in [0.717, 1.165) is 6.07 Å². The van der Waals surface area contributed by atoms with E-state index in [4.69, 9.17) is 13.8 Å². The number of rotatable bonds is 10. The van der Waals surface area contributed by atoms with Crippen molar-refractivity contribution >= 4 is 34.4 Å². The second kappa shape index (κ2) is 9.31. The van der Waals surface area contributed by atoms with Gasteiger partial charge in [-0.25, -0.2) is 4.98 Å².